The van der Waals surface area contributed by atoms with E-state index in [-0.39, 0.29) is 11.4 Å². The molecule has 2 unspecified atom stereocenters. The predicted molar refractivity (Wildman–Crippen MR) is 66.8 cm³/mol. The minimum absolute atomic E-state index is 0.252. The van der Waals surface area contributed by atoms with Gasteiger partial charge in [0.15, 0.2) is 0 Å². The van der Waals surface area contributed by atoms with Crippen LogP contribution in [0.4, 0.5) is 4.39 Å². The average Bonchev–Trinajstić information content (AvgIpc) is 2.61. The summed E-state index contributed by atoms with van der Waals surface area (Å²) in [7, 11) is 0. The van der Waals surface area contributed by atoms with Gasteiger partial charge in [0.2, 0.25) is 0 Å². The van der Waals surface area contributed by atoms with Crippen LogP contribution in [0.2, 0.25) is 0 Å². The third kappa shape index (κ3) is 1.71. The fourth-order valence-electron chi connectivity index (χ4n) is 2.42. The summed E-state index contributed by atoms with van der Waals surface area (Å²) in [6.45, 7) is 0.935. The van der Waals surface area contributed by atoms with Crippen molar-refractivity contribution in [3.8, 4) is 0 Å². The maximum atomic E-state index is 14.1. The first-order valence-electron chi connectivity index (χ1n) is 5.39. The van der Waals surface area contributed by atoms with Crippen LogP contribution >= 0.6 is 27.7 Å². The van der Waals surface area contributed by atoms with Gasteiger partial charge in [-0.05, 0) is 36.6 Å². The molecule has 0 bridgehead atoms. The lowest BCUT2D eigenvalue weighted by molar-refractivity contribution is 0.0133. The topological polar surface area (TPSA) is 9.23 Å². The molecular weight excluding hydrogens is 291 g/mol. The zero-order chi connectivity index (χ0) is 11.2. The Labute approximate surface area is 107 Å². The van der Waals surface area contributed by atoms with E-state index in [1.165, 1.54) is 10.5 Å². The fourth-order valence-corrected chi connectivity index (χ4v) is 4.27. The number of rotatable bonds is 0. The zero-order valence-electron chi connectivity index (χ0n) is 8.71. The van der Waals surface area contributed by atoms with Crippen LogP contribution in [0.3, 0.4) is 0 Å². The summed E-state index contributed by atoms with van der Waals surface area (Å²) in [5.41, 5.74) is 1.27. The van der Waals surface area contributed by atoms with Gasteiger partial charge in [-0.3, -0.25) is 0 Å². The minimum atomic E-state index is -0.850. The summed E-state index contributed by atoms with van der Waals surface area (Å²) in [5.74, 6) is 0. The van der Waals surface area contributed by atoms with Crippen LogP contribution < -0.4 is 0 Å². The Bertz CT molecular complexity index is 425. The van der Waals surface area contributed by atoms with E-state index < -0.39 is 6.17 Å². The van der Waals surface area contributed by atoms with Crippen molar-refractivity contribution in [1.82, 2.24) is 0 Å². The van der Waals surface area contributed by atoms with Crippen LogP contribution in [0, 0.1) is 0 Å². The molecular formula is C12H12BrFOS. The smallest absolute Gasteiger partial charge is 0.139 e. The van der Waals surface area contributed by atoms with Crippen LogP contribution in [0.1, 0.15) is 12.0 Å². The first kappa shape index (κ1) is 11.1. The molecule has 1 spiro atoms. The molecule has 4 heteroatoms. The molecule has 3 rings (SSSR count). The Hall–Kier alpha value is -0.0600. The van der Waals surface area contributed by atoms with Crippen molar-refractivity contribution in [3.05, 3.63) is 28.2 Å². The molecule has 1 aromatic carbocycles. The number of hydrogen-bond acceptors (Lipinski definition) is 2. The summed E-state index contributed by atoms with van der Waals surface area (Å²) in [5, 5.41) is 0. The van der Waals surface area contributed by atoms with Gasteiger partial charge >= 0.3 is 0 Å². The Morgan fingerprint density at radius 1 is 1.50 bits per heavy atom. The van der Waals surface area contributed by atoms with Gasteiger partial charge in [0.05, 0.1) is 11.4 Å². The number of ether oxygens (including phenoxy) is 1. The minimum Gasteiger partial charge on any atom is -0.378 e. The molecule has 1 fully saturated rings. The second-order valence-electron chi connectivity index (χ2n) is 4.39. The van der Waals surface area contributed by atoms with Gasteiger partial charge in [-0.2, -0.15) is 0 Å². The van der Waals surface area contributed by atoms with Gasteiger partial charge in [-0.25, -0.2) is 4.39 Å². The van der Waals surface area contributed by atoms with E-state index in [2.05, 4.69) is 28.1 Å². The number of halogens is 2. The van der Waals surface area contributed by atoms with E-state index in [4.69, 9.17) is 4.74 Å². The van der Waals surface area contributed by atoms with E-state index in [9.17, 15) is 4.39 Å². The van der Waals surface area contributed by atoms with E-state index in [1.807, 2.05) is 6.07 Å². The van der Waals surface area contributed by atoms with Gasteiger partial charge in [0.25, 0.3) is 0 Å². The van der Waals surface area contributed by atoms with Crippen LogP contribution in [0.25, 0.3) is 0 Å². The quantitative estimate of drug-likeness (QED) is 0.724. The van der Waals surface area contributed by atoms with Gasteiger partial charge in [-0.1, -0.05) is 15.9 Å². The third-order valence-electron chi connectivity index (χ3n) is 3.33. The van der Waals surface area contributed by atoms with Crippen LogP contribution in [-0.2, 0) is 11.2 Å². The molecule has 1 aromatic rings. The van der Waals surface area contributed by atoms with Gasteiger partial charge < -0.3 is 4.74 Å². The molecule has 0 aromatic heterocycles. The van der Waals surface area contributed by atoms with E-state index in [0.717, 1.165) is 17.3 Å². The van der Waals surface area contributed by atoms with Crippen LogP contribution in [0.15, 0.2) is 27.6 Å². The van der Waals surface area contributed by atoms with Gasteiger partial charge in [0, 0.05) is 16.0 Å². The van der Waals surface area contributed by atoms with Crippen LogP contribution in [-0.4, -0.2) is 24.1 Å². The first-order chi connectivity index (χ1) is 7.70. The number of thioether (sulfide) groups is 1. The molecule has 0 amide bonds. The largest absolute Gasteiger partial charge is 0.378 e. The molecule has 2 heterocycles. The molecule has 0 N–H and O–H groups in total. The maximum absolute atomic E-state index is 14.1. The molecule has 1 nitrogen and oxygen atoms in total. The molecule has 16 heavy (non-hydrogen) atoms. The number of alkyl halides is 1. The SMILES string of the molecule is FC1COCCC12Cc1cc(Br)ccc1S2. The molecule has 1 saturated heterocycles. The van der Waals surface area contributed by atoms with Crippen molar-refractivity contribution in [2.45, 2.75) is 28.7 Å². The third-order valence-corrected chi connectivity index (χ3v) is 5.45. The van der Waals surface area contributed by atoms with Crippen molar-refractivity contribution in [2.75, 3.05) is 13.2 Å². The molecule has 2 atom stereocenters. The monoisotopic (exact) mass is 302 g/mol. The highest BCUT2D eigenvalue weighted by atomic mass is 79.9. The van der Waals surface area contributed by atoms with Gasteiger partial charge in [-0.15, -0.1) is 11.8 Å². The molecule has 0 aliphatic carbocycles. The lowest BCUT2D eigenvalue weighted by atomic mass is 9.90. The summed E-state index contributed by atoms with van der Waals surface area (Å²) in [4.78, 5) is 1.23. The molecule has 2 aliphatic rings. The van der Waals surface area contributed by atoms with Crippen molar-refractivity contribution >= 4 is 27.7 Å². The summed E-state index contributed by atoms with van der Waals surface area (Å²) < 4.78 is 20.1. The van der Waals surface area contributed by atoms with E-state index in [0.29, 0.717) is 6.61 Å². The summed E-state index contributed by atoms with van der Waals surface area (Å²) >= 11 is 5.17. The Balaban J connectivity index is 1.93. The Morgan fingerprint density at radius 3 is 3.19 bits per heavy atom. The maximum Gasteiger partial charge on any atom is 0.139 e. The normalized spacial score (nSPS) is 33.0. The lowest BCUT2D eigenvalue weighted by Gasteiger charge is -2.35. The standard InChI is InChI=1S/C12H12BrFOS/c13-9-1-2-10-8(5-9)6-12(16-10)3-4-15-7-11(12)14/h1-2,5,11H,3-4,6-7H2. The van der Waals surface area contributed by atoms with Crippen molar-refractivity contribution in [1.29, 1.82) is 0 Å². The lowest BCUT2D eigenvalue weighted by Crippen LogP contribution is -2.44. The predicted octanol–water partition coefficient (Wildman–Crippen LogP) is 3.59. The van der Waals surface area contributed by atoms with Crippen molar-refractivity contribution < 1.29 is 9.13 Å². The average molecular weight is 303 g/mol. The Kier molecular flexibility index (Phi) is 2.76. The zero-order valence-corrected chi connectivity index (χ0v) is 11.1. The molecule has 86 valence electrons. The summed E-state index contributed by atoms with van der Waals surface area (Å²) in [6.07, 6.45) is 0.791. The molecule has 0 radical (unpaired) electrons. The highest BCUT2D eigenvalue weighted by Gasteiger charge is 2.47. The molecule has 2 aliphatic heterocycles. The van der Waals surface area contributed by atoms with Crippen molar-refractivity contribution in [2.24, 2.45) is 0 Å². The number of fused-ring (bicyclic) bond motifs is 1. The highest BCUT2D eigenvalue weighted by molar-refractivity contribution is 9.10. The highest BCUT2D eigenvalue weighted by Crippen LogP contribution is 2.51. The number of benzene rings is 1. The van der Waals surface area contributed by atoms with Gasteiger partial charge in [0.1, 0.15) is 6.17 Å². The van der Waals surface area contributed by atoms with E-state index >= 15 is 0 Å². The second-order valence-corrected chi connectivity index (χ2v) is 6.76. The summed E-state index contributed by atoms with van der Waals surface area (Å²) in [6, 6.07) is 6.22. The second kappa shape index (κ2) is 4.00. The Morgan fingerprint density at radius 2 is 2.38 bits per heavy atom. The molecule has 0 saturated carbocycles. The number of hydrogen-bond donors (Lipinski definition) is 0. The van der Waals surface area contributed by atoms with Crippen LogP contribution in [0.5, 0.6) is 0 Å². The van der Waals surface area contributed by atoms with E-state index in [1.54, 1.807) is 11.8 Å². The fraction of sp³-hybridized carbons (Fsp3) is 0.500. The first-order valence-corrected chi connectivity index (χ1v) is 7.00. The van der Waals surface area contributed by atoms with Crippen molar-refractivity contribution in [3.63, 3.8) is 0 Å².